The van der Waals surface area contributed by atoms with E-state index in [1.807, 2.05) is 41.1 Å². The second-order valence-corrected chi connectivity index (χ2v) is 6.16. The van der Waals surface area contributed by atoms with Crippen molar-refractivity contribution in [3.05, 3.63) is 64.9 Å². The highest BCUT2D eigenvalue weighted by atomic mass is 32.1. The lowest BCUT2D eigenvalue weighted by Gasteiger charge is -2.23. The molecule has 0 radical (unpaired) electrons. The summed E-state index contributed by atoms with van der Waals surface area (Å²) in [5.74, 6) is 0.973. The first-order chi connectivity index (χ1) is 11.9. The molecule has 0 amide bonds. The smallest absolute Gasteiger partial charge is 0.107 e. The molecule has 24 heavy (non-hydrogen) atoms. The maximum absolute atomic E-state index is 4.34. The van der Waals surface area contributed by atoms with Crippen molar-refractivity contribution in [2.24, 2.45) is 0 Å². The van der Waals surface area contributed by atoms with E-state index in [9.17, 15) is 0 Å². The van der Waals surface area contributed by atoms with Crippen LogP contribution in [0, 0.1) is 0 Å². The summed E-state index contributed by atoms with van der Waals surface area (Å²) in [6, 6.07) is 5.92. The number of nitrogens with one attached hydrogen (secondary N) is 3. The van der Waals surface area contributed by atoms with Gasteiger partial charge in [-0.15, -0.1) is 11.3 Å². The largest absolute Gasteiger partial charge is 0.349 e. The Kier molecular flexibility index (Phi) is 6.43. The van der Waals surface area contributed by atoms with Gasteiger partial charge in [0, 0.05) is 56.1 Å². The Morgan fingerprint density at radius 1 is 1.04 bits per heavy atom. The molecule has 3 N–H and O–H groups in total. The van der Waals surface area contributed by atoms with E-state index in [1.54, 1.807) is 23.7 Å². The quantitative estimate of drug-likeness (QED) is 0.485. The van der Waals surface area contributed by atoms with Gasteiger partial charge in [0.25, 0.3) is 0 Å². The number of pyridine rings is 1. The highest BCUT2D eigenvalue weighted by Gasteiger charge is 2.07. The first-order valence-electron chi connectivity index (χ1n) is 7.91. The topological polar surface area (TPSA) is 81.8 Å². The SMILES string of the molecule is c1ccc(CNN(CCc2ncc[nH]2)NCCc2nccs2)nc1. The molecule has 0 saturated heterocycles. The number of hydrogen-bond acceptors (Lipinski definition) is 7. The molecule has 0 spiro atoms. The molecule has 0 fully saturated rings. The van der Waals surface area contributed by atoms with Crippen LogP contribution < -0.4 is 10.9 Å². The fourth-order valence-electron chi connectivity index (χ4n) is 2.22. The molecule has 8 heteroatoms. The van der Waals surface area contributed by atoms with Crippen molar-refractivity contribution in [1.82, 2.24) is 35.9 Å². The van der Waals surface area contributed by atoms with Crippen LogP contribution in [0.1, 0.15) is 16.5 Å². The Labute approximate surface area is 145 Å². The van der Waals surface area contributed by atoms with Gasteiger partial charge in [-0.05, 0) is 12.1 Å². The van der Waals surface area contributed by atoms with Crippen LogP contribution in [-0.4, -0.2) is 38.1 Å². The van der Waals surface area contributed by atoms with Crippen LogP contribution in [0.2, 0.25) is 0 Å². The molecule has 0 unspecified atom stereocenters. The van der Waals surface area contributed by atoms with Crippen molar-refractivity contribution in [3.8, 4) is 0 Å². The van der Waals surface area contributed by atoms with Gasteiger partial charge < -0.3 is 4.98 Å². The molecule has 126 valence electrons. The van der Waals surface area contributed by atoms with Crippen molar-refractivity contribution in [3.63, 3.8) is 0 Å². The number of imidazole rings is 1. The number of hydrogen-bond donors (Lipinski definition) is 3. The zero-order valence-corrected chi connectivity index (χ0v) is 14.2. The van der Waals surface area contributed by atoms with E-state index in [-0.39, 0.29) is 0 Å². The number of aromatic nitrogens is 4. The monoisotopic (exact) mass is 343 g/mol. The predicted molar refractivity (Wildman–Crippen MR) is 93.9 cm³/mol. The van der Waals surface area contributed by atoms with Gasteiger partial charge in [0.15, 0.2) is 0 Å². The number of nitrogens with zero attached hydrogens (tertiary/aromatic N) is 4. The minimum Gasteiger partial charge on any atom is -0.349 e. The zero-order valence-electron chi connectivity index (χ0n) is 13.4. The third kappa shape index (κ3) is 5.50. The van der Waals surface area contributed by atoms with Crippen molar-refractivity contribution < 1.29 is 0 Å². The summed E-state index contributed by atoms with van der Waals surface area (Å²) >= 11 is 1.68. The number of rotatable bonds is 10. The maximum atomic E-state index is 4.34. The van der Waals surface area contributed by atoms with Crippen LogP contribution in [0.3, 0.4) is 0 Å². The van der Waals surface area contributed by atoms with E-state index in [0.29, 0.717) is 6.54 Å². The van der Waals surface area contributed by atoms with Crippen LogP contribution in [-0.2, 0) is 19.4 Å². The molecule has 0 aliphatic carbocycles. The third-order valence-electron chi connectivity index (χ3n) is 3.43. The fraction of sp³-hybridized carbons (Fsp3) is 0.312. The Morgan fingerprint density at radius 3 is 2.79 bits per heavy atom. The molecule has 0 bridgehead atoms. The van der Waals surface area contributed by atoms with E-state index in [0.717, 1.165) is 42.5 Å². The molecular weight excluding hydrogens is 322 g/mol. The Morgan fingerprint density at radius 2 is 2.04 bits per heavy atom. The predicted octanol–water partition coefficient (Wildman–Crippen LogP) is 1.56. The van der Waals surface area contributed by atoms with E-state index < -0.39 is 0 Å². The summed E-state index contributed by atoms with van der Waals surface area (Å²) in [6.07, 6.45) is 8.99. The molecule has 3 rings (SSSR count). The molecule has 3 aromatic heterocycles. The van der Waals surface area contributed by atoms with Crippen LogP contribution in [0.15, 0.2) is 48.4 Å². The van der Waals surface area contributed by atoms with Gasteiger partial charge in [-0.2, -0.15) is 5.12 Å². The second-order valence-electron chi connectivity index (χ2n) is 5.18. The van der Waals surface area contributed by atoms with Gasteiger partial charge in [-0.25, -0.2) is 20.8 Å². The molecule has 3 aromatic rings. The van der Waals surface area contributed by atoms with E-state index >= 15 is 0 Å². The molecule has 0 saturated carbocycles. The summed E-state index contributed by atoms with van der Waals surface area (Å²) in [7, 11) is 0. The van der Waals surface area contributed by atoms with Crippen LogP contribution in [0.25, 0.3) is 0 Å². The normalized spacial score (nSPS) is 11.2. The molecular formula is C16H21N7S. The fourth-order valence-corrected chi connectivity index (χ4v) is 2.84. The average molecular weight is 343 g/mol. The maximum Gasteiger partial charge on any atom is 0.107 e. The average Bonchev–Trinajstić information content (AvgIpc) is 3.31. The van der Waals surface area contributed by atoms with Gasteiger partial charge >= 0.3 is 0 Å². The molecule has 0 aliphatic heterocycles. The number of aromatic amines is 1. The summed E-state index contributed by atoms with van der Waals surface area (Å²) in [4.78, 5) is 16.0. The number of hydrazine groups is 2. The number of thiazole rings is 1. The molecule has 3 heterocycles. The second kappa shape index (κ2) is 9.24. The van der Waals surface area contributed by atoms with E-state index in [4.69, 9.17) is 0 Å². The molecule has 0 atom stereocenters. The molecule has 0 aliphatic rings. The van der Waals surface area contributed by atoms with Crippen LogP contribution >= 0.6 is 11.3 Å². The van der Waals surface area contributed by atoms with E-state index in [1.165, 1.54) is 0 Å². The van der Waals surface area contributed by atoms with Crippen LogP contribution in [0.5, 0.6) is 0 Å². The third-order valence-corrected chi connectivity index (χ3v) is 4.27. The Balaban J connectivity index is 1.48. The Bertz CT molecular complexity index is 670. The van der Waals surface area contributed by atoms with E-state index in [2.05, 4.69) is 30.8 Å². The highest BCUT2D eigenvalue weighted by molar-refractivity contribution is 7.09. The zero-order chi connectivity index (χ0) is 16.5. The van der Waals surface area contributed by atoms with Gasteiger partial charge in [-0.3, -0.25) is 4.98 Å². The van der Waals surface area contributed by atoms with Crippen molar-refractivity contribution >= 4 is 11.3 Å². The summed E-state index contributed by atoms with van der Waals surface area (Å²) in [5, 5.41) is 5.15. The first-order valence-corrected chi connectivity index (χ1v) is 8.79. The van der Waals surface area contributed by atoms with Crippen molar-refractivity contribution in [1.29, 1.82) is 0 Å². The lowest BCUT2D eigenvalue weighted by Crippen LogP contribution is -2.49. The summed E-state index contributed by atoms with van der Waals surface area (Å²) < 4.78 is 0. The van der Waals surface area contributed by atoms with Gasteiger partial charge in [0.2, 0.25) is 0 Å². The van der Waals surface area contributed by atoms with Gasteiger partial charge in [0.05, 0.1) is 17.2 Å². The minimum atomic E-state index is 0.670. The lowest BCUT2D eigenvalue weighted by molar-refractivity contribution is 0.111. The number of H-pyrrole nitrogens is 1. The Hall–Kier alpha value is -2.13. The molecule has 0 aromatic carbocycles. The van der Waals surface area contributed by atoms with Crippen molar-refractivity contribution in [2.45, 2.75) is 19.4 Å². The first kappa shape index (κ1) is 16.7. The molecule has 7 nitrogen and oxygen atoms in total. The summed E-state index contributed by atoms with van der Waals surface area (Å²) in [6.45, 7) is 2.28. The van der Waals surface area contributed by atoms with Gasteiger partial charge in [-0.1, -0.05) is 6.07 Å². The van der Waals surface area contributed by atoms with Crippen molar-refractivity contribution in [2.75, 3.05) is 13.1 Å². The summed E-state index contributed by atoms with van der Waals surface area (Å²) in [5.41, 5.74) is 7.79. The lowest BCUT2D eigenvalue weighted by atomic mass is 10.3. The highest BCUT2D eigenvalue weighted by Crippen LogP contribution is 2.03. The minimum absolute atomic E-state index is 0.670. The van der Waals surface area contributed by atoms with Crippen LogP contribution in [0.4, 0.5) is 0 Å². The van der Waals surface area contributed by atoms with Gasteiger partial charge in [0.1, 0.15) is 5.82 Å². The standard InChI is InChI=1S/C16H21N7S/c1-2-6-17-14(3-1)13-22-23(11-5-15-18-8-9-19-15)21-7-4-16-20-10-12-24-16/h1-3,6,8-10,12,21-22H,4-5,7,11,13H2,(H,18,19).